The number of carbonyl (C=O) groups is 2. The van der Waals surface area contributed by atoms with Gasteiger partial charge in [-0.2, -0.15) is 0 Å². The van der Waals surface area contributed by atoms with Gasteiger partial charge in [0.1, 0.15) is 0 Å². The number of aliphatic carboxylic acids is 1. The smallest absolute Gasteiger partial charge is 0.324 e. The second kappa shape index (κ2) is 2.47. The molecule has 0 heterocycles. The Hall–Kier alpha value is -1.06. The Labute approximate surface area is 76.9 Å². The van der Waals surface area contributed by atoms with E-state index in [-0.39, 0.29) is 5.92 Å². The van der Waals surface area contributed by atoms with E-state index in [1.165, 1.54) is 7.11 Å². The van der Waals surface area contributed by atoms with Gasteiger partial charge in [-0.1, -0.05) is 20.8 Å². The molecule has 1 fully saturated rings. The maximum Gasteiger partial charge on any atom is 0.324 e. The number of methoxy groups -OCH3 is 1. The van der Waals surface area contributed by atoms with Gasteiger partial charge in [-0.05, 0) is 11.3 Å². The predicted octanol–water partition coefficient (Wildman–Crippen LogP) is 0.906. The van der Waals surface area contributed by atoms with E-state index < -0.39 is 22.8 Å². The number of esters is 1. The van der Waals surface area contributed by atoms with Crippen molar-refractivity contribution in [3.05, 3.63) is 0 Å². The van der Waals surface area contributed by atoms with Crippen LogP contribution >= 0.6 is 0 Å². The van der Waals surface area contributed by atoms with E-state index in [1.807, 2.05) is 0 Å². The van der Waals surface area contributed by atoms with Crippen molar-refractivity contribution in [2.75, 3.05) is 7.11 Å². The third-order valence-electron chi connectivity index (χ3n) is 3.51. The highest BCUT2D eigenvalue weighted by Crippen LogP contribution is 2.69. The Morgan fingerprint density at radius 1 is 1.38 bits per heavy atom. The number of hydrogen-bond donors (Lipinski definition) is 1. The van der Waals surface area contributed by atoms with Gasteiger partial charge in [0.25, 0.3) is 0 Å². The monoisotopic (exact) mass is 186 g/mol. The second-order valence-electron chi connectivity index (χ2n) is 4.05. The van der Waals surface area contributed by atoms with Gasteiger partial charge in [0.2, 0.25) is 0 Å². The van der Waals surface area contributed by atoms with Gasteiger partial charge in [0.15, 0.2) is 5.41 Å². The topological polar surface area (TPSA) is 63.6 Å². The lowest BCUT2D eigenvalue weighted by molar-refractivity contribution is -0.161. The zero-order chi connectivity index (χ0) is 10.4. The molecule has 1 aliphatic rings. The highest BCUT2D eigenvalue weighted by atomic mass is 16.5. The molecule has 0 aromatic carbocycles. The summed E-state index contributed by atoms with van der Waals surface area (Å²) >= 11 is 0. The summed E-state index contributed by atoms with van der Waals surface area (Å²) in [5, 5.41) is 9.01. The number of carbonyl (C=O) groups excluding carboxylic acids is 1. The molecule has 74 valence electrons. The number of hydrogen-bond acceptors (Lipinski definition) is 3. The van der Waals surface area contributed by atoms with Crippen molar-refractivity contribution in [2.24, 2.45) is 16.7 Å². The summed E-state index contributed by atoms with van der Waals surface area (Å²) in [4.78, 5) is 22.4. The van der Waals surface area contributed by atoms with Crippen molar-refractivity contribution in [1.29, 1.82) is 0 Å². The van der Waals surface area contributed by atoms with Crippen molar-refractivity contribution >= 4 is 11.9 Å². The van der Waals surface area contributed by atoms with Crippen LogP contribution in [0.15, 0.2) is 0 Å². The Morgan fingerprint density at radius 3 is 1.85 bits per heavy atom. The highest BCUT2D eigenvalue weighted by molar-refractivity contribution is 6.04. The van der Waals surface area contributed by atoms with Crippen molar-refractivity contribution < 1.29 is 19.4 Å². The molecule has 1 aliphatic carbocycles. The minimum absolute atomic E-state index is 0.176. The van der Waals surface area contributed by atoms with Crippen LogP contribution in [0.3, 0.4) is 0 Å². The van der Waals surface area contributed by atoms with Crippen LogP contribution < -0.4 is 0 Å². The highest BCUT2D eigenvalue weighted by Gasteiger charge is 2.79. The zero-order valence-corrected chi connectivity index (χ0v) is 8.25. The molecule has 1 rings (SSSR count). The lowest BCUT2D eigenvalue weighted by Gasteiger charge is -2.11. The number of carboxylic acid groups (broad SMARTS) is 1. The molecule has 0 saturated heterocycles. The summed E-state index contributed by atoms with van der Waals surface area (Å²) in [6.45, 7) is 5.29. The Balaban J connectivity index is 3.09. The number of ether oxygens (including phenoxy) is 1. The second-order valence-corrected chi connectivity index (χ2v) is 4.05. The lowest BCUT2D eigenvalue weighted by atomic mass is 9.96. The van der Waals surface area contributed by atoms with Crippen LogP contribution in [0.5, 0.6) is 0 Å². The normalized spacial score (nSPS) is 35.2. The average Bonchev–Trinajstić information content (AvgIpc) is 2.47. The van der Waals surface area contributed by atoms with Crippen LogP contribution in [-0.4, -0.2) is 24.2 Å². The van der Waals surface area contributed by atoms with E-state index in [0.717, 1.165) is 0 Å². The Morgan fingerprint density at radius 2 is 1.77 bits per heavy atom. The number of rotatable bonds is 2. The molecule has 0 aliphatic heterocycles. The average molecular weight is 186 g/mol. The third kappa shape index (κ3) is 0.857. The van der Waals surface area contributed by atoms with Gasteiger partial charge in [0.05, 0.1) is 7.11 Å². The van der Waals surface area contributed by atoms with Gasteiger partial charge in [-0.3, -0.25) is 9.59 Å². The van der Waals surface area contributed by atoms with Gasteiger partial charge < -0.3 is 9.84 Å². The molecule has 4 heteroatoms. The summed E-state index contributed by atoms with van der Waals surface area (Å²) in [5.74, 6) is -1.90. The number of carboxylic acids is 1. The van der Waals surface area contributed by atoms with Gasteiger partial charge in [0, 0.05) is 0 Å². The van der Waals surface area contributed by atoms with E-state index in [9.17, 15) is 9.59 Å². The van der Waals surface area contributed by atoms with Crippen LogP contribution in [0.25, 0.3) is 0 Å². The van der Waals surface area contributed by atoms with Gasteiger partial charge >= 0.3 is 11.9 Å². The van der Waals surface area contributed by atoms with Crippen molar-refractivity contribution in [1.82, 2.24) is 0 Å². The van der Waals surface area contributed by atoms with E-state index in [4.69, 9.17) is 5.11 Å². The maximum absolute atomic E-state index is 11.4. The minimum atomic E-state index is -1.33. The molecule has 4 nitrogen and oxygen atoms in total. The molecule has 0 radical (unpaired) electrons. The zero-order valence-electron chi connectivity index (χ0n) is 8.25. The van der Waals surface area contributed by atoms with Gasteiger partial charge in [-0.15, -0.1) is 0 Å². The summed E-state index contributed by atoms with van der Waals surface area (Å²) < 4.78 is 4.53. The molecule has 2 unspecified atom stereocenters. The van der Waals surface area contributed by atoms with Crippen LogP contribution in [0.2, 0.25) is 0 Å². The largest absolute Gasteiger partial charge is 0.480 e. The molecule has 1 N–H and O–H groups in total. The fourth-order valence-electron chi connectivity index (χ4n) is 2.17. The third-order valence-corrected chi connectivity index (χ3v) is 3.51. The first-order valence-corrected chi connectivity index (χ1v) is 4.15. The van der Waals surface area contributed by atoms with E-state index in [2.05, 4.69) is 4.74 Å². The first kappa shape index (κ1) is 10.0. The molecule has 0 bridgehead atoms. The van der Waals surface area contributed by atoms with Crippen LogP contribution in [-0.2, 0) is 14.3 Å². The first-order valence-electron chi connectivity index (χ1n) is 4.15. The summed E-state index contributed by atoms with van der Waals surface area (Å²) in [5.41, 5.74) is -1.84. The quantitative estimate of drug-likeness (QED) is 0.514. The van der Waals surface area contributed by atoms with Crippen LogP contribution in [0, 0.1) is 16.7 Å². The van der Waals surface area contributed by atoms with Crippen molar-refractivity contribution in [3.63, 3.8) is 0 Å². The fourth-order valence-corrected chi connectivity index (χ4v) is 2.17. The molecule has 0 spiro atoms. The predicted molar refractivity (Wildman–Crippen MR) is 45.0 cm³/mol. The lowest BCUT2D eigenvalue weighted by Crippen LogP contribution is -2.32. The molecule has 2 atom stereocenters. The summed E-state index contributed by atoms with van der Waals surface area (Å²) in [6.07, 6.45) is 0. The molecule has 0 aromatic heterocycles. The summed E-state index contributed by atoms with van der Waals surface area (Å²) in [6, 6.07) is 0. The first-order chi connectivity index (χ1) is 5.83. The van der Waals surface area contributed by atoms with E-state index >= 15 is 0 Å². The van der Waals surface area contributed by atoms with Crippen LogP contribution in [0.1, 0.15) is 20.8 Å². The Kier molecular flexibility index (Phi) is 1.90. The molecule has 0 amide bonds. The van der Waals surface area contributed by atoms with Crippen LogP contribution in [0.4, 0.5) is 0 Å². The van der Waals surface area contributed by atoms with Crippen molar-refractivity contribution in [3.8, 4) is 0 Å². The standard InChI is InChI=1S/C9H14O4/c1-5-8(2,3)9(5,6(10)11)7(12)13-4/h5H,1-4H3,(H,10,11). The molecular weight excluding hydrogens is 172 g/mol. The Bertz CT molecular complexity index is 269. The molecular formula is C9H14O4. The summed E-state index contributed by atoms with van der Waals surface area (Å²) in [7, 11) is 1.22. The van der Waals surface area contributed by atoms with Crippen molar-refractivity contribution in [2.45, 2.75) is 20.8 Å². The fraction of sp³-hybridized carbons (Fsp3) is 0.778. The van der Waals surface area contributed by atoms with Gasteiger partial charge in [-0.25, -0.2) is 0 Å². The molecule has 13 heavy (non-hydrogen) atoms. The minimum Gasteiger partial charge on any atom is -0.480 e. The SMILES string of the molecule is COC(=O)C1(C(=O)O)C(C)C1(C)C. The van der Waals surface area contributed by atoms with E-state index in [1.54, 1.807) is 20.8 Å². The molecule has 1 saturated carbocycles. The van der Waals surface area contributed by atoms with E-state index in [0.29, 0.717) is 0 Å². The molecule has 0 aromatic rings. The maximum atomic E-state index is 11.4.